The maximum atomic E-state index is 11.2. The molecule has 1 N–H and O–H groups in total. The van der Waals surface area contributed by atoms with Crippen molar-refractivity contribution in [2.75, 3.05) is 19.0 Å². The lowest BCUT2D eigenvalue weighted by atomic mass is 9.79. The molecule has 1 aromatic heterocycles. The van der Waals surface area contributed by atoms with Crippen LogP contribution >= 0.6 is 0 Å². The van der Waals surface area contributed by atoms with Gasteiger partial charge < -0.3 is 14.5 Å². The fourth-order valence-corrected chi connectivity index (χ4v) is 2.28. The van der Waals surface area contributed by atoms with Gasteiger partial charge in [-0.15, -0.1) is 0 Å². The Hall–Kier alpha value is -1.59. The number of carboxylic acids is 1. The zero-order valence-corrected chi connectivity index (χ0v) is 10.1. The number of aliphatic carboxylic acids is 1. The molecule has 1 aliphatic carbocycles. The zero-order valence-electron chi connectivity index (χ0n) is 10.1. The van der Waals surface area contributed by atoms with Gasteiger partial charge >= 0.3 is 5.97 Å². The third-order valence-electron chi connectivity index (χ3n) is 3.23. The van der Waals surface area contributed by atoms with E-state index in [1.54, 1.807) is 4.90 Å². The molecule has 1 saturated carbocycles. The van der Waals surface area contributed by atoms with Crippen molar-refractivity contribution in [3.63, 3.8) is 0 Å². The van der Waals surface area contributed by atoms with Crippen molar-refractivity contribution in [3.05, 3.63) is 5.89 Å². The maximum Gasteiger partial charge on any atom is 0.307 e. The third-order valence-corrected chi connectivity index (χ3v) is 3.23. The van der Waals surface area contributed by atoms with Crippen LogP contribution in [0, 0.1) is 5.92 Å². The van der Waals surface area contributed by atoms with E-state index in [1.807, 2.05) is 14.1 Å². The van der Waals surface area contributed by atoms with Crippen molar-refractivity contribution in [3.8, 4) is 0 Å². The molecular weight excluding hydrogens is 222 g/mol. The average Bonchev–Trinajstić information content (AvgIpc) is 2.78. The summed E-state index contributed by atoms with van der Waals surface area (Å²) in [5, 5.41) is 13.0. The van der Waals surface area contributed by atoms with Crippen LogP contribution in [0.4, 0.5) is 5.95 Å². The Morgan fingerprint density at radius 2 is 2.12 bits per heavy atom. The molecule has 0 spiro atoms. The monoisotopic (exact) mass is 239 g/mol. The van der Waals surface area contributed by atoms with Crippen LogP contribution in [-0.4, -0.2) is 35.3 Å². The molecular formula is C11H17N3O3. The fraction of sp³-hybridized carbons (Fsp3) is 0.727. The number of carbonyl (C=O) groups is 1. The minimum absolute atomic E-state index is 0.137. The SMILES string of the molecule is CN(C)c1noc(C2CCCCC2C(=O)O)n1. The maximum absolute atomic E-state index is 11.2. The first-order chi connectivity index (χ1) is 8.09. The minimum atomic E-state index is -0.765. The molecule has 94 valence electrons. The number of carboxylic acid groups (broad SMARTS) is 1. The van der Waals surface area contributed by atoms with Crippen LogP contribution < -0.4 is 4.90 Å². The lowest BCUT2D eigenvalue weighted by Crippen LogP contribution is -2.25. The van der Waals surface area contributed by atoms with Crippen LogP contribution in [0.25, 0.3) is 0 Å². The Morgan fingerprint density at radius 3 is 2.71 bits per heavy atom. The highest BCUT2D eigenvalue weighted by molar-refractivity contribution is 5.71. The standard InChI is InChI=1S/C11H17N3O3/c1-14(2)11-12-9(17-13-11)7-5-3-4-6-8(7)10(15)16/h7-8H,3-6H2,1-2H3,(H,15,16). The van der Waals surface area contributed by atoms with Gasteiger partial charge in [0.2, 0.25) is 5.89 Å². The van der Waals surface area contributed by atoms with Crippen LogP contribution in [0.1, 0.15) is 37.5 Å². The highest BCUT2D eigenvalue weighted by Crippen LogP contribution is 2.37. The molecule has 17 heavy (non-hydrogen) atoms. The second kappa shape index (κ2) is 4.73. The van der Waals surface area contributed by atoms with Crippen molar-refractivity contribution < 1.29 is 14.4 Å². The minimum Gasteiger partial charge on any atom is -0.481 e. The van der Waals surface area contributed by atoms with Gasteiger partial charge in [0.25, 0.3) is 5.95 Å². The molecule has 6 heteroatoms. The predicted molar refractivity (Wildman–Crippen MR) is 61.0 cm³/mol. The fourth-order valence-electron chi connectivity index (χ4n) is 2.28. The first-order valence-corrected chi connectivity index (χ1v) is 5.83. The quantitative estimate of drug-likeness (QED) is 0.860. The number of hydrogen-bond donors (Lipinski definition) is 1. The lowest BCUT2D eigenvalue weighted by molar-refractivity contribution is -0.143. The molecule has 0 amide bonds. The van der Waals surface area contributed by atoms with E-state index < -0.39 is 5.97 Å². The van der Waals surface area contributed by atoms with Crippen LogP contribution in [0.3, 0.4) is 0 Å². The van der Waals surface area contributed by atoms with Gasteiger partial charge in [-0.05, 0) is 18.0 Å². The van der Waals surface area contributed by atoms with Crippen LogP contribution in [0.15, 0.2) is 4.52 Å². The molecule has 0 saturated heterocycles. The smallest absolute Gasteiger partial charge is 0.307 e. The first-order valence-electron chi connectivity index (χ1n) is 5.83. The highest BCUT2D eigenvalue weighted by atomic mass is 16.5. The predicted octanol–water partition coefficient (Wildman–Crippen LogP) is 1.49. The molecule has 6 nitrogen and oxygen atoms in total. The number of aromatic nitrogens is 2. The van der Waals surface area contributed by atoms with Crippen molar-refractivity contribution in [2.24, 2.45) is 5.92 Å². The van der Waals surface area contributed by atoms with Crippen LogP contribution in [-0.2, 0) is 4.79 Å². The van der Waals surface area contributed by atoms with Gasteiger partial charge in [0.05, 0.1) is 11.8 Å². The Balaban J connectivity index is 2.20. The Bertz CT molecular complexity index is 402. The molecule has 2 rings (SSSR count). The molecule has 1 aromatic rings. The lowest BCUT2D eigenvalue weighted by Gasteiger charge is -2.25. The number of rotatable bonds is 3. The number of anilines is 1. The second-order valence-corrected chi connectivity index (χ2v) is 4.66. The van der Waals surface area contributed by atoms with E-state index in [9.17, 15) is 9.90 Å². The van der Waals surface area contributed by atoms with E-state index in [0.717, 1.165) is 19.3 Å². The van der Waals surface area contributed by atoms with Crippen molar-refractivity contribution >= 4 is 11.9 Å². The summed E-state index contributed by atoms with van der Waals surface area (Å²) in [5.74, 6) is -0.337. The summed E-state index contributed by atoms with van der Waals surface area (Å²) in [4.78, 5) is 17.2. The van der Waals surface area contributed by atoms with Gasteiger partial charge in [-0.25, -0.2) is 0 Å². The molecule has 2 unspecified atom stereocenters. The Kier molecular flexibility index (Phi) is 3.31. The van der Waals surface area contributed by atoms with Crippen LogP contribution in [0.5, 0.6) is 0 Å². The molecule has 0 radical (unpaired) electrons. The van der Waals surface area contributed by atoms with Crippen molar-refractivity contribution in [1.29, 1.82) is 0 Å². The Morgan fingerprint density at radius 1 is 1.41 bits per heavy atom. The molecule has 0 aliphatic heterocycles. The topological polar surface area (TPSA) is 79.5 Å². The summed E-state index contributed by atoms with van der Waals surface area (Å²) < 4.78 is 5.18. The summed E-state index contributed by atoms with van der Waals surface area (Å²) in [6, 6.07) is 0. The van der Waals surface area contributed by atoms with Crippen LogP contribution in [0.2, 0.25) is 0 Å². The van der Waals surface area contributed by atoms with Gasteiger partial charge in [0, 0.05) is 14.1 Å². The average molecular weight is 239 g/mol. The van der Waals surface area contributed by atoms with E-state index >= 15 is 0 Å². The van der Waals surface area contributed by atoms with Crippen molar-refractivity contribution in [1.82, 2.24) is 10.1 Å². The summed E-state index contributed by atoms with van der Waals surface area (Å²) in [7, 11) is 3.65. The largest absolute Gasteiger partial charge is 0.481 e. The molecule has 1 aliphatic rings. The summed E-state index contributed by atoms with van der Waals surface area (Å²) >= 11 is 0. The number of hydrogen-bond acceptors (Lipinski definition) is 5. The van der Waals surface area contributed by atoms with E-state index in [4.69, 9.17) is 4.52 Å². The molecule has 0 aromatic carbocycles. The third kappa shape index (κ3) is 2.40. The van der Waals surface area contributed by atoms with Gasteiger partial charge in [-0.1, -0.05) is 12.8 Å². The first kappa shape index (κ1) is 11.9. The normalized spacial score (nSPS) is 24.6. The van der Waals surface area contributed by atoms with E-state index in [1.165, 1.54) is 0 Å². The van der Waals surface area contributed by atoms with Crippen molar-refractivity contribution in [2.45, 2.75) is 31.6 Å². The van der Waals surface area contributed by atoms with E-state index in [2.05, 4.69) is 10.1 Å². The van der Waals surface area contributed by atoms with Gasteiger partial charge in [0.15, 0.2) is 0 Å². The summed E-state index contributed by atoms with van der Waals surface area (Å²) in [6.07, 6.45) is 3.49. The summed E-state index contributed by atoms with van der Waals surface area (Å²) in [6.45, 7) is 0. The summed E-state index contributed by atoms with van der Waals surface area (Å²) in [5.41, 5.74) is 0. The molecule has 0 bridgehead atoms. The van der Waals surface area contributed by atoms with E-state index in [0.29, 0.717) is 18.3 Å². The molecule has 1 heterocycles. The van der Waals surface area contributed by atoms with Gasteiger partial charge in [-0.2, -0.15) is 4.98 Å². The zero-order chi connectivity index (χ0) is 12.4. The second-order valence-electron chi connectivity index (χ2n) is 4.66. The Labute approximate surface area is 99.6 Å². The van der Waals surface area contributed by atoms with E-state index in [-0.39, 0.29) is 11.8 Å². The van der Waals surface area contributed by atoms with Gasteiger partial charge in [-0.3, -0.25) is 4.79 Å². The molecule has 1 fully saturated rings. The highest BCUT2D eigenvalue weighted by Gasteiger charge is 2.35. The van der Waals surface area contributed by atoms with Gasteiger partial charge in [0.1, 0.15) is 0 Å². The number of nitrogens with zero attached hydrogens (tertiary/aromatic N) is 3. The molecule has 2 atom stereocenters.